The molecule has 2 aromatic heterocycles. The Morgan fingerprint density at radius 2 is 1.78 bits per heavy atom. The fourth-order valence-electron chi connectivity index (χ4n) is 3.71. The smallest absolute Gasteiger partial charge is 0.471 e. The molecule has 0 saturated carbocycles. The van der Waals surface area contributed by atoms with Gasteiger partial charge in [0.2, 0.25) is 0 Å². The first-order valence-corrected chi connectivity index (χ1v) is 10.1. The fraction of sp³-hybridized carbons (Fsp3) is 0.273. The fourth-order valence-corrected chi connectivity index (χ4v) is 3.71. The number of ether oxygens (including phenoxy) is 1. The molecule has 0 aliphatic heterocycles. The minimum Gasteiger partial charge on any atom is -0.489 e. The van der Waals surface area contributed by atoms with E-state index in [1.54, 1.807) is 18.2 Å². The van der Waals surface area contributed by atoms with E-state index in [2.05, 4.69) is 15.0 Å². The molecule has 2 heterocycles. The lowest BCUT2D eigenvalue weighted by Gasteiger charge is -2.24. The number of alkyl halides is 3. The van der Waals surface area contributed by atoms with Crippen molar-refractivity contribution in [3.8, 4) is 5.75 Å². The predicted octanol–water partition coefficient (Wildman–Crippen LogP) is 3.74. The Morgan fingerprint density at radius 1 is 1.00 bits per heavy atom. The third-order valence-corrected chi connectivity index (χ3v) is 5.21. The van der Waals surface area contributed by atoms with Crippen LogP contribution in [0.1, 0.15) is 12.0 Å². The second-order valence-corrected chi connectivity index (χ2v) is 7.36. The van der Waals surface area contributed by atoms with Gasteiger partial charge in [-0.25, -0.2) is 4.79 Å². The van der Waals surface area contributed by atoms with Crippen LogP contribution in [0.3, 0.4) is 0 Å². The second-order valence-electron chi connectivity index (χ2n) is 7.36. The number of halogens is 3. The van der Waals surface area contributed by atoms with Crippen LogP contribution in [0.15, 0.2) is 53.5 Å². The van der Waals surface area contributed by atoms with Crippen molar-refractivity contribution >= 4 is 27.8 Å². The molecule has 10 heteroatoms. The van der Waals surface area contributed by atoms with Crippen LogP contribution in [-0.4, -0.2) is 51.6 Å². The van der Waals surface area contributed by atoms with Crippen LogP contribution in [0, 0.1) is 0 Å². The van der Waals surface area contributed by atoms with Gasteiger partial charge in [-0.1, -0.05) is 24.3 Å². The van der Waals surface area contributed by atoms with Crippen LogP contribution in [0.25, 0.3) is 21.9 Å². The number of rotatable bonds is 8. The molecule has 0 saturated heterocycles. The van der Waals surface area contributed by atoms with Gasteiger partial charge < -0.3 is 24.6 Å². The number of fused-ring (bicyclic) bond motifs is 2. The van der Waals surface area contributed by atoms with Crippen molar-refractivity contribution in [2.45, 2.75) is 19.0 Å². The van der Waals surface area contributed by atoms with E-state index < -0.39 is 17.8 Å². The number of hydrogen-bond donors (Lipinski definition) is 3. The summed E-state index contributed by atoms with van der Waals surface area (Å²) in [7, 11) is 0. The van der Waals surface area contributed by atoms with Gasteiger partial charge in [0.05, 0.1) is 12.1 Å². The molecular formula is C22H21F3N4O3. The van der Waals surface area contributed by atoms with Gasteiger partial charge in [-0.3, -0.25) is 4.79 Å². The molecule has 0 aliphatic rings. The minimum absolute atomic E-state index is 0.0631. The molecule has 32 heavy (non-hydrogen) atoms. The van der Waals surface area contributed by atoms with Gasteiger partial charge in [0.15, 0.2) is 0 Å². The molecule has 168 valence electrons. The molecule has 1 amide bonds. The number of aromatic amines is 3. The van der Waals surface area contributed by atoms with E-state index in [1.165, 1.54) is 0 Å². The van der Waals surface area contributed by atoms with Crippen molar-refractivity contribution < 1.29 is 22.7 Å². The monoisotopic (exact) mass is 446 g/mol. The zero-order valence-electron chi connectivity index (χ0n) is 17.0. The SMILES string of the molecule is O=C(N(CCCc1c[nH]c2ccccc12)CCOc1cccc2[nH]c(=O)[nH]c12)C(F)(F)F. The van der Waals surface area contributed by atoms with Gasteiger partial charge in [0, 0.05) is 23.6 Å². The highest BCUT2D eigenvalue weighted by atomic mass is 19.4. The lowest BCUT2D eigenvalue weighted by Crippen LogP contribution is -2.43. The van der Waals surface area contributed by atoms with E-state index >= 15 is 0 Å². The van der Waals surface area contributed by atoms with Crippen molar-refractivity contribution in [3.63, 3.8) is 0 Å². The Labute approximate surface area is 180 Å². The van der Waals surface area contributed by atoms with Gasteiger partial charge in [-0.05, 0) is 36.6 Å². The number of imidazole rings is 1. The molecule has 4 rings (SSSR count). The molecule has 0 atom stereocenters. The van der Waals surface area contributed by atoms with E-state index in [4.69, 9.17) is 4.74 Å². The lowest BCUT2D eigenvalue weighted by atomic mass is 10.1. The van der Waals surface area contributed by atoms with Gasteiger partial charge in [0.1, 0.15) is 17.9 Å². The molecule has 0 fully saturated rings. The van der Waals surface area contributed by atoms with E-state index in [9.17, 15) is 22.8 Å². The number of aryl methyl sites for hydroxylation is 1. The summed E-state index contributed by atoms with van der Waals surface area (Å²) in [4.78, 5) is 32.4. The van der Waals surface area contributed by atoms with Gasteiger partial charge >= 0.3 is 17.8 Å². The number of para-hydroxylation sites is 2. The van der Waals surface area contributed by atoms with E-state index in [0.717, 1.165) is 21.4 Å². The van der Waals surface area contributed by atoms with Crippen molar-refractivity contribution in [1.29, 1.82) is 0 Å². The Balaban J connectivity index is 1.40. The second kappa shape index (κ2) is 8.81. The zero-order chi connectivity index (χ0) is 22.7. The topological polar surface area (TPSA) is 94.0 Å². The maximum Gasteiger partial charge on any atom is 0.471 e. The third kappa shape index (κ3) is 4.63. The van der Waals surface area contributed by atoms with Crippen molar-refractivity contribution in [2.75, 3.05) is 19.7 Å². The highest BCUT2D eigenvalue weighted by Crippen LogP contribution is 2.23. The first-order chi connectivity index (χ1) is 15.3. The first kappa shape index (κ1) is 21.5. The summed E-state index contributed by atoms with van der Waals surface area (Å²) in [5, 5.41) is 1.01. The molecule has 0 radical (unpaired) electrons. The van der Waals surface area contributed by atoms with E-state index in [-0.39, 0.29) is 19.7 Å². The summed E-state index contributed by atoms with van der Waals surface area (Å²) in [5.41, 5.74) is 2.47. The molecular weight excluding hydrogens is 425 g/mol. The predicted molar refractivity (Wildman–Crippen MR) is 114 cm³/mol. The van der Waals surface area contributed by atoms with Gasteiger partial charge in [-0.2, -0.15) is 13.2 Å². The Morgan fingerprint density at radius 3 is 2.59 bits per heavy atom. The van der Waals surface area contributed by atoms with E-state index in [0.29, 0.717) is 29.6 Å². The molecule has 0 unspecified atom stereocenters. The number of nitrogens with zero attached hydrogens (tertiary/aromatic N) is 1. The molecule has 2 aromatic carbocycles. The maximum absolute atomic E-state index is 13.1. The standard InChI is InChI=1S/C22H21F3N4O3/c23-22(24,25)20(30)29(10-4-5-14-13-26-16-7-2-1-6-15(14)16)11-12-32-18-9-3-8-17-19(18)28-21(31)27-17/h1-3,6-9,13,26H,4-5,10-12H2,(H2,27,28,31). The largest absolute Gasteiger partial charge is 0.489 e. The van der Waals surface area contributed by atoms with E-state index in [1.807, 2.05) is 30.5 Å². The minimum atomic E-state index is -4.97. The summed E-state index contributed by atoms with van der Waals surface area (Å²) in [6.07, 6.45) is -2.24. The van der Waals surface area contributed by atoms with Crippen LogP contribution in [-0.2, 0) is 11.2 Å². The van der Waals surface area contributed by atoms with Crippen LogP contribution < -0.4 is 10.4 Å². The number of carbonyl (C=O) groups excluding carboxylic acids is 1. The molecule has 3 N–H and O–H groups in total. The quantitative estimate of drug-likeness (QED) is 0.385. The Kier molecular flexibility index (Phi) is 5.93. The number of nitrogens with one attached hydrogen (secondary N) is 3. The summed E-state index contributed by atoms with van der Waals surface area (Å²) in [6, 6.07) is 12.6. The number of H-pyrrole nitrogens is 3. The maximum atomic E-state index is 13.1. The van der Waals surface area contributed by atoms with Crippen LogP contribution in [0.2, 0.25) is 0 Å². The number of carbonyl (C=O) groups is 1. The molecule has 0 aliphatic carbocycles. The number of hydrogen-bond acceptors (Lipinski definition) is 3. The van der Waals surface area contributed by atoms with Crippen LogP contribution in [0.5, 0.6) is 5.75 Å². The third-order valence-electron chi connectivity index (χ3n) is 5.21. The van der Waals surface area contributed by atoms with Crippen molar-refractivity contribution in [3.05, 3.63) is 64.7 Å². The molecule has 0 spiro atoms. The average molecular weight is 446 g/mol. The highest BCUT2D eigenvalue weighted by molar-refractivity contribution is 5.83. The van der Waals surface area contributed by atoms with Gasteiger partial charge in [0.25, 0.3) is 0 Å². The zero-order valence-corrected chi connectivity index (χ0v) is 17.0. The summed E-state index contributed by atoms with van der Waals surface area (Å²) < 4.78 is 44.8. The van der Waals surface area contributed by atoms with Gasteiger partial charge in [-0.15, -0.1) is 0 Å². The van der Waals surface area contributed by atoms with Crippen LogP contribution in [0.4, 0.5) is 13.2 Å². The summed E-state index contributed by atoms with van der Waals surface area (Å²) in [5.74, 6) is -1.58. The Hall–Kier alpha value is -3.69. The lowest BCUT2D eigenvalue weighted by molar-refractivity contribution is -0.185. The number of benzene rings is 2. The molecule has 0 bridgehead atoms. The Bertz CT molecular complexity index is 1290. The highest BCUT2D eigenvalue weighted by Gasteiger charge is 2.42. The summed E-state index contributed by atoms with van der Waals surface area (Å²) >= 11 is 0. The number of amides is 1. The molecule has 4 aromatic rings. The van der Waals surface area contributed by atoms with Crippen molar-refractivity contribution in [1.82, 2.24) is 19.9 Å². The summed E-state index contributed by atoms with van der Waals surface area (Å²) in [6.45, 7) is -0.453. The normalized spacial score (nSPS) is 11.8. The first-order valence-electron chi connectivity index (χ1n) is 10.1. The number of aromatic nitrogens is 3. The van der Waals surface area contributed by atoms with Crippen LogP contribution >= 0.6 is 0 Å². The van der Waals surface area contributed by atoms with Crippen molar-refractivity contribution in [2.24, 2.45) is 0 Å². The molecule has 7 nitrogen and oxygen atoms in total. The average Bonchev–Trinajstić information content (AvgIpc) is 3.34.